The van der Waals surface area contributed by atoms with Crippen molar-refractivity contribution in [2.24, 2.45) is 0 Å². The highest BCUT2D eigenvalue weighted by Gasteiger charge is 2.32. The van der Waals surface area contributed by atoms with E-state index >= 15 is 0 Å². The number of phenols is 3. The van der Waals surface area contributed by atoms with Crippen molar-refractivity contribution in [1.82, 2.24) is 0 Å². The van der Waals surface area contributed by atoms with Gasteiger partial charge in [0.1, 0.15) is 51.0 Å². The van der Waals surface area contributed by atoms with E-state index in [2.05, 4.69) is 13.0 Å². The summed E-state index contributed by atoms with van der Waals surface area (Å²) in [5, 5.41) is 39.8. The molecule has 8 nitrogen and oxygen atoms in total. The number of aromatic hydroxyl groups is 4. The highest BCUT2D eigenvalue weighted by molar-refractivity contribution is 6.02. The van der Waals surface area contributed by atoms with Gasteiger partial charge in [0.05, 0.1) is 12.7 Å². The van der Waals surface area contributed by atoms with Crippen LogP contribution in [-0.4, -0.2) is 33.1 Å². The van der Waals surface area contributed by atoms with E-state index in [1.165, 1.54) is 44.6 Å². The number of allylic oxidation sites excluding steroid dienone is 2. The molecule has 4 N–H and O–H groups in total. The van der Waals surface area contributed by atoms with E-state index in [0.29, 0.717) is 34.4 Å². The number of ether oxygens (including phenoxy) is 2. The molecule has 0 unspecified atom stereocenters. The van der Waals surface area contributed by atoms with Crippen LogP contribution in [0.3, 0.4) is 0 Å². The molecule has 1 aliphatic heterocycles. The maximum Gasteiger partial charge on any atom is 0.348 e. The molecule has 0 atom stereocenters. The van der Waals surface area contributed by atoms with Crippen LogP contribution >= 0.6 is 0 Å². The summed E-state index contributed by atoms with van der Waals surface area (Å²) >= 11 is 0. The Hall–Kier alpha value is -4.85. The van der Waals surface area contributed by atoms with Crippen LogP contribution in [0.15, 0.2) is 69.4 Å². The van der Waals surface area contributed by atoms with Crippen molar-refractivity contribution in [3.05, 3.63) is 87.3 Å². The molecule has 0 fully saturated rings. The Bertz CT molecular complexity index is 1810. The van der Waals surface area contributed by atoms with Crippen LogP contribution < -0.4 is 15.1 Å². The van der Waals surface area contributed by atoms with E-state index in [4.69, 9.17) is 19.0 Å². The fraction of sp³-hybridized carbons (Fsp3) is 0.342. The number of fused-ring (bicyclic) bond motifs is 3. The molecule has 2 heterocycles. The van der Waals surface area contributed by atoms with Crippen molar-refractivity contribution in [2.75, 3.05) is 7.11 Å². The van der Waals surface area contributed by atoms with E-state index < -0.39 is 11.2 Å². The molecular formula is C38H44O8. The van der Waals surface area contributed by atoms with Gasteiger partial charge in [0.25, 0.3) is 0 Å². The second-order valence-electron chi connectivity index (χ2n) is 12.3. The number of hydrogen-bond acceptors (Lipinski definition) is 8. The molecule has 8 heteroatoms. The minimum absolute atomic E-state index is 0.00458. The van der Waals surface area contributed by atoms with Crippen molar-refractivity contribution in [1.29, 1.82) is 0 Å². The zero-order valence-electron chi connectivity index (χ0n) is 27.4. The fourth-order valence-electron chi connectivity index (χ4n) is 5.40. The lowest BCUT2D eigenvalue weighted by atomic mass is 9.93. The minimum atomic E-state index is -0.694. The number of hydrogen-bond donors (Lipinski definition) is 4. The molecule has 0 amide bonds. The second-order valence-corrected chi connectivity index (χ2v) is 12.3. The van der Waals surface area contributed by atoms with Gasteiger partial charge in [-0.05, 0) is 88.4 Å². The molecule has 1 aromatic heterocycles. The lowest BCUT2D eigenvalue weighted by molar-refractivity contribution is 0.157. The number of benzene rings is 3. The quantitative estimate of drug-likeness (QED) is 0.0822. The molecule has 0 saturated heterocycles. The monoisotopic (exact) mass is 628 g/mol. The molecular weight excluding hydrogens is 584 g/mol. The van der Waals surface area contributed by atoms with Gasteiger partial charge >= 0.3 is 5.63 Å². The molecule has 0 bridgehead atoms. The Balaban J connectivity index is 0.000000288. The molecule has 244 valence electrons. The van der Waals surface area contributed by atoms with Crippen LogP contribution in [0.5, 0.6) is 34.5 Å². The highest BCUT2D eigenvalue weighted by Crippen LogP contribution is 2.49. The van der Waals surface area contributed by atoms with Crippen LogP contribution in [-0.2, 0) is 12.8 Å². The summed E-state index contributed by atoms with van der Waals surface area (Å²) in [6.07, 6.45) is 12.0. The molecule has 46 heavy (non-hydrogen) atoms. The topological polar surface area (TPSA) is 130 Å². The SMILES string of the molecule is CCCCCCc1ccc(O)cc1O.COc1c(CC=C(C)C)c2c(c3oc(=O)c(-c4ccc(O)cc4)c(O)c13)C=CC(C)(C)O2. The lowest BCUT2D eigenvalue weighted by Gasteiger charge is -2.31. The van der Waals surface area contributed by atoms with E-state index in [1.807, 2.05) is 39.8 Å². The highest BCUT2D eigenvalue weighted by atomic mass is 16.5. The molecule has 0 spiro atoms. The Morgan fingerprint density at radius 1 is 0.957 bits per heavy atom. The summed E-state index contributed by atoms with van der Waals surface area (Å²) < 4.78 is 17.8. The van der Waals surface area contributed by atoms with Crippen molar-refractivity contribution in [3.8, 4) is 45.6 Å². The van der Waals surface area contributed by atoms with Crippen LogP contribution in [0.1, 0.15) is 77.0 Å². The van der Waals surface area contributed by atoms with Crippen LogP contribution in [0.25, 0.3) is 28.2 Å². The third kappa shape index (κ3) is 7.68. The van der Waals surface area contributed by atoms with E-state index in [1.54, 1.807) is 24.3 Å². The fourth-order valence-corrected chi connectivity index (χ4v) is 5.40. The van der Waals surface area contributed by atoms with Crippen molar-refractivity contribution < 1.29 is 34.3 Å². The normalized spacial score (nSPS) is 12.9. The number of unbranched alkanes of at least 4 members (excludes halogenated alkanes) is 3. The zero-order valence-corrected chi connectivity index (χ0v) is 27.4. The van der Waals surface area contributed by atoms with E-state index in [9.17, 15) is 20.1 Å². The first-order chi connectivity index (χ1) is 21.9. The standard InChI is InChI=1S/C26H26O6.C12H18O2/c1-14(2)6-11-17-22-18(12-13-26(3,4)32-22)24-20(23(17)30-5)21(28)19(25(29)31-24)15-7-9-16(27)10-8-15;1-2-3-4-5-6-10-7-8-11(13)9-12(10)14/h6-10,12-13,27-28H,11H2,1-5H3;7-9,13-14H,2-6H2,1H3. The number of phenolic OH excluding ortho intramolecular Hbond substituents is 3. The van der Waals surface area contributed by atoms with Crippen LogP contribution in [0.2, 0.25) is 0 Å². The van der Waals surface area contributed by atoms with Gasteiger partial charge in [-0.15, -0.1) is 0 Å². The van der Waals surface area contributed by atoms with Gasteiger partial charge < -0.3 is 34.3 Å². The Labute approximate surface area is 269 Å². The summed E-state index contributed by atoms with van der Waals surface area (Å²) in [4.78, 5) is 12.9. The van der Waals surface area contributed by atoms with Gasteiger partial charge in [-0.3, -0.25) is 0 Å². The van der Waals surface area contributed by atoms with Crippen LogP contribution in [0, 0.1) is 0 Å². The first kappa shape index (κ1) is 34.0. The average Bonchev–Trinajstić information content (AvgIpc) is 2.99. The number of aryl methyl sites for hydroxylation is 1. The van der Waals surface area contributed by atoms with Gasteiger partial charge in [0.2, 0.25) is 0 Å². The summed E-state index contributed by atoms with van der Waals surface area (Å²) in [5.74, 6) is 1.11. The zero-order chi connectivity index (χ0) is 33.6. The Morgan fingerprint density at radius 3 is 2.28 bits per heavy atom. The number of rotatable bonds is 9. The predicted octanol–water partition coefficient (Wildman–Crippen LogP) is 8.79. The van der Waals surface area contributed by atoms with Crippen molar-refractivity contribution in [2.45, 2.75) is 78.7 Å². The molecule has 0 radical (unpaired) electrons. The molecule has 0 aliphatic carbocycles. The van der Waals surface area contributed by atoms with Gasteiger partial charge in [0, 0.05) is 11.6 Å². The second kappa shape index (κ2) is 14.5. The van der Waals surface area contributed by atoms with Crippen LogP contribution in [0.4, 0.5) is 0 Å². The summed E-state index contributed by atoms with van der Waals surface area (Å²) in [7, 11) is 1.52. The van der Waals surface area contributed by atoms with Gasteiger partial charge in [-0.1, -0.05) is 56.0 Å². The summed E-state index contributed by atoms with van der Waals surface area (Å²) in [6.45, 7) is 10.1. The molecule has 1 aliphatic rings. The third-order valence-corrected chi connectivity index (χ3v) is 7.82. The van der Waals surface area contributed by atoms with Gasteiger partial charge in [-0.2, -0.15) is 0 Å². The molecule has 3 aromatic carbocycles. The molecule has 0 saturated carbocycles. The lowest BCUT2D eigenvalue weighted by Crippen LogP contribution is -2.28. The minimum Gasteiger partial charge on any atom is -0.508 e. The summed E-state index contributed by atoms with van der Waals surface area (Å²) in [5.41, 5.74) is 2.78. The maximum atomic E-state index is 12.9. The van der Waals surface area contributed by atoms with Crippen molar-refractivity contribution in [3.63, 3.8) is 0 Å². The predicted molar refractivity (Wildman–Crippen MR) is 182 cm³/mol. The molecule has 4 aromatic rings. The largest absolute Gasteiger partial charge is 0.508 e. The maximum absolute atomic E-state index is 12.9. The van der Waals surface area contributed by atoms with Gasteiger partial charge in [-0.25, -0.2) is 4.79 Å². The smallest absolute Gasteiger partial charge is 0.348 e. The van der Waals surface area contributed by atoms with Crippen molar-refractivity contribution >= 4 is 17.0 Å². The third-order valence-electron chi connectivity index (χ3n) is 7.82. The number of methoxy groups -OCH3 is 1. The average molecular weight is 629 g/mol. The first-order valence-electron chi connectivity index (χ1n) is 15.6. The van der Waals surface area contributed by atoms with Gasteiger partial charge in [0.15, 0.2) is 5.58 Å². The Morgan fingerprint density at radius 2 is 1.65 bits per heavy atom. The first-order valence-corrected chi connectivity index (χ1v) is 15.6. The van der Waals surface area contributed by atoms with E-state index in [0.717, 1.165) is 29.5 Å². The Kier molecular flexibility index (Phi) is 10.7. The molecule has 5 rings (SSSR count). The van der Waals surface area contributed by atoms with E-state index in [-0.39, 0.29) is 34.1 Å². The summed E-state index contributed by atoms with van der Waals surface area (Å²) in [6, 6.07) is 10.8.